The third-order valence-corrected chi connectivity index (χ3v) is 4.99. The number of aryl methyl sites for hydroxylation is 1. The molecule has 1 N–H and O–H groups in total. The molecule has 0 amide bonds. The maximum Gasteiger partial charge on any atom is 0.307 e. The number of rotatable bonds is 7. The van der Waals surface area contributed by atoms with Crippen LogP contribution in [0.1, 0.15) is 16.9 Å². The average molecular weight is 403 g/mol. The van der Waals surface area contributed by atoms with Gasteiger partial charge in [0.1, 0.15) is 29.4 Å². The van der Waals surface area contributed by atoms with E-state index in [0.717, 1.165) is 33.4 Å². The number of nitrogens with zero attached hydrogens (tertiary/aromatic N) is 1. The lowest BCUT2D eigenvalue weighted by Gasteiger charge is -2.12. The minimum atomic E-state index is -0.919. The smallest absolute Gasteiger partial charge is 0.307 e. The van der Waals surface area contributed by atoms with E-state index in [-0.39, 0.29) is 13.0 Å². The second-order valence-electron chi connectivity index (χ2n) is 6.92. The van der Waals surface area contributed by atoms with Gasteiger partial charge >= 0.3 is 5.97 Å². The summed E-state index contributed by atoms with van der Waals surface area (Å²) in [7, 11) is 1.56. The Balaban J connectivity index is 1.67. The first-order valence-electron chi connectivity index (χ1n) is 9.49. The van der Waals surface area contributed by atoms with E-state index in [1.807, 2.05) is 31.2 Å². The molecule has 2 aromatic carbocycles. The number of aromatic nitrogens is 1. The number of benzene rings is 2. The largest absolute Gasteiger partial charge is 0.497 e. The van der Waals surface area contributed by atoms with E-state index in [4.69, 9.17) is 13.9 Å². The summed E-state index contributed by atoms with van der Waals surface area (Å²) in [4.78, 5) is 15.3. The molecule has 0 atom stereocenters. The van der Waals surface area contributed by atoms with Crippen molar-refractivity contribution in [2.45, 2.75) is 20.0 Å². The van der Waals surface area contributed by atoms with Crippen LogP contribution in [0.3, 0.4) is 0 Å². The van der Waals surface area contributed by atoms with Crippen molar-refractivity contribution in [2.75, 3.05) is 7.11 Å². The number of carboxylic acid groups (broad SMARTS) is 1. The first-order chi connectivity index (χ1) is 14.5. The number of furan rings is 1. The van der Waals surface area contributed by atoms with Gasteiger partial charge in [-0.2, -0.15) is 0 Å². The number of aliphatic carboxylic acids is 1. The SMILES string of the molecule is COc1ccc(CC(=O)O)c(OCc2c(C)oc3ccc(-c4ccncc4)cc23)c1. The summed E-state index contributed by atoms with van der Waals surface area (Å²) in [6, 6.07) is 15.1. The molecule has 0 unspecified atom stereocenters. The predicted molar refractivity (Wildman–Crippen MR) is 113 cm³/mol. The van der Waals surface area contributed by atoms with Gasteiger partial charge in [0.05, 0.1) is 13.5 Å². The molecule has 6 heteroatoms. The number of fused-ring (bicyclic) bond motifs is 1. The van der Waals surface area contributed by atoms with E-state index in [0.29, 0.717) is 17.1 Å². The minimum Gasteiger partial charge on any atom is -0.497 e. The summed E-state index contributed by atoms with van der Waals surface area (Å²) >= 11 is 0. The van der Waals surface area contributed by atoms with E-state index in [9.17, 15) is 9.90 Å². The molecule has 0 fully saturated rings. The number of hydrogen-bond acceptors (Lipinski definition) is 5. The Morgan fingerprint density at radius 2 is 1.87 bits per heavy atom. The topological polar surface area (TPSA) is 81.8 Å². The van der Waals surface area contributed by atoms with Crippen molar-refractivity contribution in [3.63, 3.8) is 0 Å². The summed E-state index contributed by atoms with van der Waals surface area (Å²) < 4.78 is 17.2. The lowest BCUT2D eigenvalue weighted by Crippen LogP contribution is -2.05. The first kappa shape index (κ1) is 19.5. The van der Waals surface area contributed by atoms with Crippen LogP contribution in [0.15, 0.2) is 65.3 Å². The molecular formula is C24H21NO5. The molecule has 152 valence electrons. The van der Waals surface area contributed by atoms with Crippen molar-refractivity contribution in [1.29, 1.82) is 0 Å². The fourth-order valence-corrected chi connectivity index (χ4v) is 3.43. The van der Waals surface area contributed by atoms with E-state index in [1.54, 1.807) is 37.7 Å². The van der Waals surface area contributed by atoms with E-state index < -0.39 is 5.97 Å². The van der Waals surface area contributed by atoms with E-state index >= 15 is 0 Å². The van der Waals surface area contributed by atoms with E-state index in [2.05, 4.69) is 11.1 Å². The Morgan fingerprint density at radius 3 is 2.60 bits per heavy atom. The number of pyridine rings is 1. The van der Waals surface area contributed by atoms with Crippen LogP contribution in [-0.4, -0.2) is 23.2 Å². The number of carboxylic acids is 1. The van der Waals surface area contributed by atoms with Gasteiger partial charge in [0.15, 0.2) is 0 Å². The Bertz CT molecular complexity index is 1200. The third-order valence-electron chi connectivity index (χ3n) is 4.99. The van der Waals surface area contributed by atoms with Gasteiger partial charge in [0, 0.05) is 35.0 Å². The van der Waals surface area contributed by atoms with Gasteiger partial charge in [-0.1, -0.05) is 12.1 Å². The number of methoxy groups -OCH3 is 1. The molecular weight excluding hydrogens is 382 g/mol. The highest BCUT2D eigenvalue weighted by Gasteiger charge is 2.15. The molecule has 0 radical (unpaired) electrons. The van der Waals surface area contributed by atoms with Gasteiger partial charge in [0.25, 0.3) is 0 Å². The zero-order valence-corrected chi connectivity index (χ0v) is 16.7. The monoisotopic (exact) mass is 403 g/mol. The average Bonchev–Trinajstić information content (AvgIpc) is 3.07. The van der Waals surface area contributed by atoms with Gasteiger partial charge in [-0.05, 0) is 48.4 Å². The molecule has 4 rings (SSSR count). The Kier molecular flexibility index (Phi) is 5.39. The predicted octanol–water partition coefficient (Wildman–Crippen LogP) is 5.02. The van der Waals surface area contributed by atoms with Gasteiger partial charge in [-0.25, -0.2) is 0 Å². The molecule has 0 aliphatic rings. The Hall–Kier alpha value is -3.80. The molecule has 30 heavy (non-hydrogen) atoms. The maximum absolute atomic E-state index is 11.2. The number of hydrogen-bond donors (Lipinski definition) is 1. The van der Waals surface area contributed by atoms with E-state index in [1.165, 1.54) is 0 Å². The zero-order valence-electron chi connectivity index (χ0n) is 16.7. The highest BCUT2D eigenvalue weighted by Crippen LogP contribution is 2.32. The number of carbonyl (C=O) groups is 1. The summed E-state index contributed by atoms with van der Waals surface area (Å²) in [5.41, 5.74) is 4.41. The van der Waals surface area contributed by atoms with Crippen LogP contribution in [0, 0.1) is 6.92 Å². The second kappa shape index (κ2) is 8.29. The van der Waals surface area contributed by atoms with Crippen LogP contribution in [0.25, 0.3) is 22.1 Å². The molecule has 0 aliphatic heterocycles. The van der Waals surface area contributed by atoms with Crippen molar-refractivity contribution < 1.29 is 23.8 Å². The van der Waals surface area contributed by atoms with Crippen LogP contribution in [-0.2, 0) is 17.8 Å². The molecule has 0 aliphatic carbocycles. The fourth-order valence-electron chi connectivity index (χ4n) is 3.43. The van der Waals surface area contributed by atoms with Gasteiger partial charge < -0.3 is 19.0 Å². The van der Waals surface area contributed by atoms with Crippen molar-refractivity contribution >= 4 is 16.9 Å². The first-order valence-corrected chi connectivity index (χ1v) is 9.49. The lowest BCUT2D eigenvalue weighted by molar-refractivity contribution is -0.136. The standard InChI is InChI=1S/C24H21NO5/c1-15-21(14-29-23-13-19(28-2)5-3-18(23)12-24(26)27)20-11-17(4-6-22(20)30-15)16-7-9-25-10-8-16/h3-11,13H,12,14H2,1-2H3,(H,26,27). The molecule has 0 saturated heterocycles. The van der Waals surface area contributed by atoms with Crippen molar-refractivity contribution in [3.8, 4) is 22.6 Å². The molecule has 0 bridgehead atoms. The van der Waals surface area contributed by atoms with Crippen LogP contribution in [0.2, 0.25) is 0 Å². The highest BCUT2D eigenvalue weighted by molar-refractivity contribution is 5.87. The second-order valence-corrected chi connectivity index (χ2v) is 6.92. The molecule has 6 nitrogen and oxygen atoms in total. The zero-order chi connectivity index (χ0) is 21.1. The van der Waals surface area contributed by atoms with Crippen LogP contribution in [0.4, 0.5) is 0 Å². The van der Waals surface area contributed by atoms with Crippen molar-refractivity contribution in [3.05, 3.63) is 77.8 Å². The highest BCUT2D eigenvalue weighted by atomic mass is 16.5. The summed E-state index contributed by atoms with van der Waals surface area (Å²) in [5, 5.41) is 10.2. The van der Waals surface area contributed by atoms with Crippen molar-refractivity contribution in [1.82, 2.24) is 4.98 Å². The molecule has 2 aromatic heterocycles. The van der Waals surface area contributed by atoms with Crippen LogP contribution >= 0.6 is 0 Å². The quantitative estimate of drug-likeness (QED) is 0.467. The Labute approximate surface area is 173 Å². The normalized spacial score (nSPS) is 10.9. The van der Waals surface area contributed by atoms with Gasteiger partial charge in [0.2, 0.25) is 0 Å². The molecule has 2 heterocycles. The van der Waals surface area contributed by atoms with Crippen LogP contribution in [0.5, 0.6) is 11.5 Å². The summed E-state index contributed by atoms with van der Waals surface area (Å²) in [6.45, 7) is 2.15. The summed E-state index contributed by atoms with van der Waals surface area (Å²) in [5.74, 6) is 0.931. The summed E-state index contributed by atoms with van der Waals surface area (Å²) in [6.07, 6.45) is 3.39. The van der Waals surface area contributed by atoms with Crippen LogP contribution < -0.4 is 9.47 Å². The van der Waals surface area contributed by atoms with Gasteiger partial charge in [-0.3, -0.25) is 9.78 Å². The molecule has 0 saturated carbocycles. The van der Waals surface area contributed by atoms with Crippen molar-refractivity contribution in [2.24, 2.45) is 0 Å². The number of ether oxygens (including phenoxy) is 2. The third kappa shape index (κ3) is 3.98. The fraction of sp³-hybridized carbons (Fsp3) is 0.167. The molecule has 4 aromatic rings. The Morgan fingerprint density at radius 1 is 1.07 bits per heavy atom. The molecule has 0 spiro atoms. The maximum atomic E-state index is 11.2. The lowest BCUT2D eigenvalue weighted by atomic mass is 10.0. The van der Waals surface area contributed by atoms with Gasteiger partial charge in [-0.15, -0.1) is 0 Å². The minimum absolute atomic E-state index is 0.128.